The van der Waals surface area contributed by atoms with Gasteiger partial charge in [0.1, 0.15) is 17.3 Å². The zero-order chi connectivity index (χ0) is 25.9. The van der Waals surface area contributed by atoms with Crippen molar-refractivity contribution >= 4 is 16.9 Å². The van der Waals surface area contributed by atoms with E-state index in [4.69, 9.17) is 9.72 Å². The molecule has 2 atom stereocenters. The summed E-state index contributed by atoms with van der Waals surface area (Å²) in [6.07, 6.45) is 3.55. The second-order valence-corrected chi connectivity index (χ2v) is 9.46. The number of ether oxygens (including phenoxy) is 1. The number of rotatable bonds is 4. The molecule has 6 rings (SSSR count). The minimum absolute atomic E-state index is 0.120. The molecule has 1 saturated carbocycles. The summed E-state index contributed by atoms with van der Waals surface area (Å²) in [7, 11) is 1.51. The number of pyridine rings is 1. The maximum atomic E-state index is 13.1. The van der Waals surface area contributed by atoms with E-state index >= 15 is 0 Å². The molecule has 0 spiro atoms. The van der Waals surface area contributed by atoms with Crippen molar-refractivity contribution in [3.63, 3.8) is 0 Å². The van der Waals surface area contributed by atoms with Crippen LogP contribution in [-0.4, -0.2) is 53.7 Å². The smallest absolute Gasteiger partial charge is 0.367 e. The Morgan fingerprint density at radius 2 is 1.86 bits per heavy atom. The second-order valence-electron chi connectivity index (χ2n) is 9.46. The summed E-state index contributed by atoms with van der Waals surface area (Å²) in [5.41, 5.74) is 0.210. The van der Waals surface area contributed by atoms with Crippen molar-refractivity contribution in [3.05, 3.63) is 58.5 Å². The van der Waals surface area contributed by atoms with Gasteiger partial charge in [-0.1, -0.05) is 0 Å². The van der Waals surface area contributed by atoms with Gasteiger partial charge in [-0.25, -0.2) is 14.6 Å². The summed E-state index contributed by atoms with van der Waals surface area (Å²) in [5, 5.41) is 8.85. The average Bonchev–Trinajstić information content (AvgIpc) is 3.61. The third kappa shape index (κ3) is 4.43. The number of fused-ring (bicyclic) bond motifs is 1. The molecule has 2 aliphatic rings. The monoisotopic (exact) mass is 512 g/mol. The highest BCUT2D eigenvalue weighted by molar-refractivity contribution is 5.91. The van der Waals surface area contributed by atoms with E-state index in [9.17, 15) is 18.0 Å². The summed E-state index contributed by atoms with van der Waals surface area (Å²) < 4.78 is 48.5. The molecular formula is C24H23F3N8O2. The van der Waals surface area contributed by atoms with Crippen LogP contribution in [0.25, 0.3) is 22.2 Å². The molecule has 0 radical (unpaired) electrons. The van der Waals surface area contributed by atoms with Crippen molar-refractivity contribution in [1.29, 1.82) is 0 Å². The van der Waals surface area contributed by atoms with E-state index in [1.807, 2.05) is 22.7 Å². The average molecular weight is 512 g/mol. The van der Waals surface area contributed by atoms with E-state index in [2.05, 4.69) is 20.2 Å². The third-order valence-electron chi connectivity index (χ3n) is 6.58. The largest absolute Gasteiger partial charge is 0.433 e. The van der Waals surface area contributed by atoms with Gasteiger partial charge >= 0.3 is 6.18 Å². The highest BCUT2D eigenvalue weighted by atomic mass is 19.4. The summed E-state index contributed by atoms with van der Waals surface area (Å²) >= 11 is 0. The molecule has 0 amide bonds. The van der Waals surface area contributed by atoms with Crippen molar-refractivity contribution in [3.8, 4) is 11.3 Å². The van der Waals surface area contributed by atoms with Gasteiger partial charge in [-0.15, -0.1) is 0 Å². The summed E-state index contributed by atoms with van der Waals surface area (Å²) in [6.45, 7) is 2.83. The van der Waals surface area contributed by atoms with Crippen LogP contribution < -0.4 is 10.5 Å². The lowest BCUT2D eigenvalue weighted by Gasteiger charge is -2.36. The van der Waals surface area contributed by atoms with Gasteiger partial charge in [0.15, 0.2) is 0 Å². The van der Waals surface area contributed by atoms with Crippen molar-refractivity contribution in [2.45, 2.75) is 44.2 Å². The number of hydrogen-bond acceptors (Lipinski definition) is 8. The minimum atomic E-state index is -4.57. The molecule has 4 aromatic heterocycles. The Morgan fingerprint density at radius 3 is 2.57 bits per heavy atom. The fourth-order valence-electron chi connectivity index (χ4n) is 4.51. The van der Waals surface area contributed by atoms with Crippen molar-refractivity contribution in [1.82, 2.24) is 34.5 Å². The molecule has 0 aromatic carbocycles. The fraction of sp³-hybridized carbons (Fsp3) is 0.417. The highest BCUT2D eigenvalue weighted by Gasteiger charge is 2.33. The van der Waals surface area contributed by atoms with Crippen molar-refractivity contribution in [2.24, 2.45) is 7.05 Å². The van der Waals surface area contributed by atoms with Gasteiger partial charge in [-0.2, -0.15) is 23.4 Å². The SMILES string of the molecule is C[C@H]1CN(c2nc(-c3ccc(C(F)(F)F)nc3)c3cnn(C)c(=O)c3n2)C[C@H](c2cnn(C3CC3)c2)O1. The normalized spacial score (nSPS) is 20.5. The first kappa shape index (κ1) is 23.5. The van der Waals surface area contributed by atoms with Crippen LogP contribution in [0.3, 0.4) is 0 Å². The number of alkyl halides is 3. The van der Waals surface area contributed by atoms with Crippen LogP contribution in [0.1, 0.15) is 43.2 Å². The van der Waals surface area contributed by atoms with Crippen molar-refractivity contribution < 1.29 is 17.9 Å². The number of halogens is 3. The van der Waals surface area contributed by atoms with Crippen LogP contribution in [0.5, 0.6) is 0 Å². The molecular weight excluding hydrogens is 489 g/mol. The van der Waals surface area contributed by atoms with Crippen LogP contribution in [-0.2, 0) is 18.0 Å². The van der Waals surface area contributed by atoms with Crippen LogP contribution in [0.4, 0.5) is 19.1 Å². The first-order chi connectivity index (χ1) is 17.7. The van der Waals surface area contributed by atoms with Crippen molar-refractivity contribution in [2.75, 3.05) is 18.0 Å². The Kier molecular flexibility index (Phi) is 5.48. The van der Waals surface area contributed by atoms with E-state index in [1.165, 1.54) is 19.3 Å². The first-order valence-electron chi connectivity index (χ1n) is 11.9. The lowest BCUT2D eigenvalue weighted by atomic mass is 10.1. The highest BCUT2D eigenvalue weighted by Crippen LogP contribution is 2.36. The molecule has 37 heavy (non-hydrogen) atoms. The number of morpholine rings is 1. The number of anilines is 1. The molecule has 1 saturated heterocycles. The molecule has 4 aromatic rings. The van der Waals surface area contributed by atoms with Crippen LogP contribution >= 0.6 is 0 Å². The van der Waals surface area contributed by atoms with E-state index in [0.29, 0.717) is 30.1 Å². The topological polar surface area (TPSA) is 104 Å². The van der Waals surface area contributed by atoms with E-state index < -0.39 is 17.4 Å². The minimum Gasteiger partial charge on any atom is -0.367 e. The Balaban J connectivity index is 1.42. The molecule has 5 heterocycles. The zero-order valence-electron chi connectivity index (χ0n) is 20.1. The van der Waals surface area contributed by atoms with E-state index in [1.54, 1.807) is 6.20 Å². The van der Waals surface area contributed by atoms with Crippen LogP contribution in [0.15, 0.2) is 41.7 Å². The molecule has 2 fully saturated rings. The molecule has 192 valence electrons. The number of aryl methyl sites for hydroxylation is 1. The fourth-order valence-corrected chi connectivity index (χ4v) is 4.51. The molecule has 13 heteroatoms. The van der Waals surface area contributed by atoms with Gasteiger partial charge in [0.2, 0.25) is 5.95 Å². The first-order valence-corrected chi connectivity index (χ1v) is 11.9. The molecule has 0 bridgehead atoms. The number of hydrogen-bond donors (Lipinski definition) is 0. The maximum absolute atomic E-state index is 13.1. The molecule has 0 unspecified atom stereocenters. The van der Waals surface area contributed by atoms with Gasteiger partial charge < -0.3 is 9.64 Å². The lowest BCUT2D eigenvalue weighted by Crippen LogP contribution is -2.43. The van der Waals surface area contributed by atoms with Gasteiger partial charge in [0.25, 0.3) is 5.56 Å². The van der Waals surface area contributed by atoms with Crippen LogP contribution in [0.2, 0.25) is 0 Å². The molecule has 1 aliphatic heterocycles. The Hall–Kier alpha value is -3.87. The van der Waals surface area contributed by atoms with E-state index in [-0.39, 0.29) is 29.4 Å². The second kappa shape index (κ2) is 8.61. The van der Waals surface area contributed by atoms with Gasteiger partial charge in [0, 0.05) is 37.1 Å². The number of nitrogens with zero attached hydrogens (tertiary/aromatic N) is 8. The zero-order valence-corrected chi connectivity index (χ0v) is 20.1. The third-order valence-corrected chi connectivity index (χ3v) is 6.58. The predicted molar refractivity (Wildman–Crippen MR) is 127 cm³/mol. The van der Waals surface area contributed by atoms with E-state index in [0.717, 1.165) is 35.4 Å². The Morgan fingerprint density at radius 1 is 1.05 bits per heavy atom. The molecule has 10 nitrogen and oxygen atoms in total. The van der Waals surface area contributed by atoms with Gasteiger partial charge in [-0.05, 0) is 31.9 Å². The summed E-state index contributed by atoms with van der Waals surface area (Å²) in [6, 6.07) is 2.62. The molecule has 1 aliphatic carbocycles. The summed E-state index contributed by atoms with van der Waals surface area (Å²) in [5.74, 6) is 0.278. The standard InChI is InChI=1S/C24H23F3N8O2/c1-13-10-34(12-18(37-13)15-8-30-35(11-15)16-4-5-16)23-31-20(14-3-6-19(28-7-14)24(25,26)27)17-9-29-33(2)22(36)21(17)32-23/h3,6-9,11,13,16,18H,4-5,10,12H2,1-2H3/t13-,18+/m0/s1. The van der Waals surface area contributed by atoms with Gasteiger partial charge in [-0.3, -0.25) is 14.5 Å². The Labute approximate surface area is 208 Å². The van der Waals surface area contributed by atoms with Crippen LogP contribution in [0, 0.1) is 0 Å². The lowest BCUT2D eigenvalue weighted by molar-refractivity contribution is -0.141. The maximum Gasteiger partial charge on any atom is 0.433 e. The molecule has 0 N–H and O–H groups in total. The Bertz CT molecular complexity index is 1530. The quantitative estimate of drug-likeness (QED) is 0.410. The number of aromatic nitrogens is 7. The predicted octanol–water partition coefficient (Wildman–Crippen LogP) is 3.30. The van der Waals surface area contributed by atoms with Gasteiger partial charge in [0.05, 0.1) is 42.2 Å². The summed E-state index contributed by atoms with van der Waals surface area (Å²) in [4.78, 5) is 27.7.